The number of ether oxygens (including phenoxy) is 1. The van der Waals surface area contributed by atoms with E-state index in [0.29, 0.717) is 5.70 Å². The minimum absolute atomic E-state index is 0.224. The van der Waals surface area contributed by atoms with Gasteiger partial charge in [-0.15, -0.1) is 0 Å². The molecule has 0 bridgehead atoms. The number of benzene rings is 1. The predicted octanol–water partition coefficient (Wildman–Crippen LogP) is 3.16. The summed E-state index contributed by atoms with van der Waals surface area (Å²) in [7, 11) is 5.75. The van der Waals surface area contributed by atoms with E-state index in [1.807, 2.05) is 31.2 Å². The molecular weight excluding hydrogens is 326 g/mol. The van der Waals surface area contributed by atoms with E-state index in [1.165, 1.54) is 11.8 Å². The molecule has 1 atom stereocenters. The fraction of sp³-hybridized carbons (Fsp3) is 0.300. The molecule has 0 aliphatic heterocycles. The van der Waals surface area contributed by atoms with Crippen LogP contribution >= 0.6 is 0 Å². The number of hydrogen-bond acceptors (Lipinski definition) is 6. The highest BCUT2D eigenvalue weighted by molar-refractivity contribution is 6.06. The van der Waals surface area contributed by atoms with E-state index in [2.05, 4.69) is 46.4 Å². The Kier molecular flexibility index (Phi) is 7.32. The highest BCUT2D eigenvalue weighted by Crippen LogP contribution is 2.18. The molecule has 0 saturated heterocycles. The molecule has 0 unspecified atom stereocenters. The average Bonchev–Trinajstić information content (AvgIpc) is 2.65. The number of aliphatic imine (C=N–C) groups is 1. The van der Waals surface area contributed by atoms with Gasteiger partial charge in [-0.3, -0.25) is 4.98 Å². The lowest BCUT2D eigenvalue weighted by Crippen LogP contribution is -2.26. The average molecular weight is 353 g/mol. The normalized spacial score (nSPS) is 13.7. The second-order valence-corrected chi connectivity index (χ2v) is 6.22. The number of rotatable bonds is 8. The summed E-state index contributed by atoms with van der Waals surface area (Å²) in [6.45, 7) is 2.83. The minimum atomic E-state index is -0.224. The number of pyridine rings is 1. The molecule has 0 amide bonds. The van der Waals surface area contributed by atoms with E-state index in [4.69, 9.17) is 10.5 Å². The molecule has 0 fully saturated rings. The number of methoxy groups -OCH3 is 1. The predicted molar refractivity (Wildman–Crippen MR) is 108 cm³/mol. The molecule has 0 aliphatic carbocycles. The Hall–Kier alpha value is -2.70. The number of nitrogens with zero attached hydrogens (tertiary/aromatic N) is 3. The molecule has 138 valence electrons. The van der Waals surface area contributed by atoms with Crippen LogP contribution in [0, 0.1) is 0 Å². The van der Waals surface area contributed by atoms with Crippen molar-refractivity contribution in [3.05, 3.63) is 66.3 Å². The van der Waals surface area contributed by atoms with Gasteiger partial charge in [-0.1, -0.05) is 12.1 Å². The largest absolute Gasteiger partial charge is 0.403 e. The van der Waals surface area contributed by atoms with Crippen molar-refractivity contribution in [2.24, 2.45) is 10.7 Å². The van der Waals surface area contributed by atoms with Crippen LogP contribution in [0.4, 0.5) is 11.4 Å². The Labute approximate surface area is 155 Å². The van der Waals surface area contributed by atoms with Gasteiger partial charge in [0, 0.05) is 37.9 Å². The van der Waals surface area contributed by atoms with Crippen molar-refractivity contribution < 1.29 is 4.74 Å². The van der Waals surface area contributed by atoms with Crippen molar-refractivity contribution >= 4 is 17.1 Å². The Balaban J connectivity index is 2.24. The summed E-state index contributed by atoms with van der Waals surface area (Å²) in [6, 6.07) is 11.9. The van der Waals surface area contributed by atoms with E-state index in [0.717, 1.165) is 23.6 Å². The molecule has 6 heteroatoms. The molecule has 0 saturated carbocycles. The zero-order valence-electron chi connectivity index (χ0n) is 15.8. The lowest BCUT2D eigenvalue weighted by atomic mass is 10.1. The van der Waals surface area contributed by atoms with Gasteiger partial charge in [-0.25, -0.2) is 4.99 Å². The first-order valence-electron chi connectivity index (χ1n) is 8.48. The van der Waals surface area contributed by atoms with Crippen LogP contribution in [0.1, 0.15) is 12.5 Å². The van der Waals surface area contributed by atoms with Crippen molar-refractivity contribution in [3.63, 3.8) is 0 Å². The summed E-state index contributed by atoms with van der Waals surface area (Å²) in [5.41, 5.74) is 10.3. The van der Waals surface area contributed by atoms with Crippen molar-refractivity contribution in [1.29, 1.82) is 0 Å². The maximum absolute atomic E-state index is 5.88. The van der Waals surface area contributed by atoms with E-state index >= 15 is 0 Å². The van der Waals surface area contributed by atoms with Crippen molar-refractivity contribution in [3.8, 4) is 0 Å². The Morgan fingerprint density at radius 2 is 1.88 bits per heavy atom. The summed E-state index contributed by atoms with van der Waals surface area (Å²) in [6.07, 6.45) is 4.70. The number of nitrogens with one attached hydrogen (secondary N) is 1. The van der Waals surface area contributed by atoms with Gasteiger partial charge in [0.2, 0.25) is 0 Å². The van der Waals surface area contributed by atoms with Crippen LogP contribution in [0.15, 0.2) is 65.7 Å². The smallest absolute Gasteiger partial charge is 0.0984 e. The zero-order chi connectivity index (χ0) is 18.9. The first-order valence-corrected chi connectivity index (χ1v) is 8.48. The van der Waals surface area contributed by atoms with Gasteiger partial charge in [0.05, 0.1) is 23.2 Å². The topological polar surface area (TPSA) is 75.8 Å². The molecule has 1 aromatic carbocycles. The van der Waals surface area contributed by atoms with Crippen molar-refractivity contribution in [2.45, 2.75) is 19.6 Å². The second-order valence-electron chi connectivity index (χ2n) is 6.22. The van der Waals surface area contributed by atoms with Gasteiger partial charge >= 0.3 is 0 Å². The fourth-order valence-electron chi connectivity index (χ4n) is 2.44. The number of aromatic nitrogens is 1. The van der Waals surface area contributed by atoms with Crippen LogP contribution in [-0.2, 0) is 11.3 Å². The van der Waals surface area contributed by atoms with Gasteiger partial charge in [-0.2, -0.15) is 0 Å². The third-order valence-electron chi connectivity index (χ3n) is 3.83. The molecule has 1 aromatic heterocycles. The first kappa shape index (κ1) is 19.6. The Bertz CT molecular complexity index is 739. The summed E-state index contributed by atoms with van der Waals surface area (Å²) < 4.78 is 5.48. The zero-order valence-corrected chi connectivity index (χ0v) is 15.8. The van der Waals surface area contributed by atoms with Crippen LogP contribution in [0.25, 0.3) is 0 Å². The van der Waals surface area contributed by atoms with Crippen LogP contribution in [0.2, 0.25) is 0 Å². The molecule has 1 heterocycles. The lowest BCUT2D eigenvalue weighted by Gasteiger charge is -2.18. The van der Waals surface area contributed by atoms with Crippen molar-refractivity contribution in [1.82, 2.24) is 9.88 Å². The number of hydrogen-bond donors (Lipinski definition) is 2. The van der Waals surface area contributed by atoms with E-state index in [-0.39, 0.29) is 6.10 Å². The maximum Gasteiger partial charge on any atom is 0.0984 e. The standard InChI is InChI=1S/C20H27N5O/c1-15(26-4)20(24-18-9-11-22-12-10-18)19(13-21)23-17-7-5-16(6-8-17)14-25(2)3/h5-13,15,23H,14,21H2,1-4H3/b19-13+,24-20?/t15-/m0/s1. The van der Waals surface area contributed by atoms with Crippen LogP contribution in [0.5, 0.6) is 0 Å². The van der Waals surface area contributed by atoms with Crippen molar-refractivity contribution in [2.75, 3.05) is 26.5 Å². The lowest BCUT2D eigenvalue weighted by molar-refractivity contribution is 0.171. The second kappa shape index (κ2) is 9.70. The molecule has 0 radical (unpaired) electrons. The van der Waals surface area contributed by atoms with Gasteiger partial charge in [0.15, 0.2) is 0 Å². The third-order valence-corrected chi connectivity index (χ3v) is 3.83. The van der Waals surface area contributed by atoms with Gasteiger partial charge < -0.3 is 20.7 Å². The van der Waals surface area contributed by atoms with E-state index < -0.39 is 0 Å². The molecule has 0 aliphatic rings. The summed E-state index contributed by atoms with van der Waals surface area (Å²) in [5, 5.41) is 3.34. The van der Waals surface area contributed by atoms with Crippen LogP contribution in [0.3, 0.4) is 0 Å². The van der Waals surface area contributed by atoms with Gasteiger partial charge in [0.1, 0.15) is 0 Å². The molecule has 26 heavy (non-hydrogen) atoms. The molecule has 3 N–H and O–H groups in total. The molecular formula is C20H27N5O. The Morgan fingerprint density at radius 1 is 1.23 bits per heavy atom. The Morgan fingerprint density at radius 3 is 2.42 bits per heavy atom. The molecule has 2 rings (SSSR count). The highest BCUT2D eigenvalue weighted by Gasteiger charge is 2.16. The van der Waals surface area contributed by atoms with Crippen LogP contribution < -0.4 is 11.1 Å². The van der Waals surface area contributed by atoms with Crippen LogP contribution in [-0.4, -0.2) is 42.9 Å². The highest BCUT2D eigenvalue weighted by atomic mass is 16.5. The van der Waals surface area contributed by atoms with E-state index in [1.54, 1.807) is 19.5 Å². The quantitative estimate of drug-likeness (QED) is 0.713. The summed E-state index contributed by atoms with van der Waals surface area (Å²) in [4.78, 5) is 10.8. The minimum Gasteiger partial charge on any atom is -0.403 e. The molecule has 6 nitrogen and oxygen atoms in total. The van der Waals surface area contributed by atoms with E-state index in [9.17, 15) is 0 Å². The monoisotopic (exact) mass is 353 g/mol. The summed E-state index contributed by atoms with van der Waals surface area (Å²) in [5.74, 6) is 0. The maximum atomic E-state index is 5.88. The SMILES string of the molecule is CO[C@@H](C)C(=Nc1ccncc1)/C(=C\N)Nc1ccc(CN(C)C)cc1. The first-order chi connectivity index (χ1) is 12.5. The van der Waals surface area contributed by atoms with Gasteiger partial charge in [0.25, 0.3) is 0 Å². The number of nitrogens with two attached hydrogens (primary N) is 1. The fourth-order valence-corrected chi connectivity index (χ4v) is 2.44. The van der Waals surface area contributed by atoms with Gasteiger partial charge in [-0.05, 0) is 50.8 Å². The molecule has 2 aromatic rings. The third kappa shape index (κ3) is 5.68. The number of anilines is 1. The summed E-state index contributed by atoms with van der Waals surface area (Å²) >= 11 is 0. The molecule has 0 spiro atoms.